The van der Waals surface area contributed by atoms with Gasteiger partial charge in [-0.2, -0.15) is 0 Å². The van der Waals surface area contributed by atoms with Gasteiger partial charge in [0.15, 0.2) is 6.29 Å². The fourth-order valence-electron chi connectivity index (χ4n) is 12.2. The number of aliphatic hydroxyl groups is 6. The van der Waals surface area contributed by atoms with Crippen LogP contribution < -0.4 is 0 Å². The summed E-state index contributed by atoms with van der Waals surface area (Å²) in [6.45, 7) is 16.3. The zero-order chi connectivity index (χ0) is 32.3. The zero-order valence-electron chi connectivity index (χ0n) is 28.1. The summed E-state index contributed by atoms with van der Waals surface area (Å²) in [7, 11) is 0. The summed E-state index contributed by atoms with van der Waals surface area (Å²) in [6, 6.07) is 0. The highest BCUT2D eigenvalue weighted by molar-refractivity contribution is 5.34. The molecule has 0 spiro atoms. The van der Waals surface area contributed by atoms with Gasteiger partial charge in [-0.15, -0.1) is 0 Å². The minimum atomic E-state index is -1.49. The average Bonchev–Trinajstić information content (AvgIpc) is 2.95. The minimum absolute atomic E-state index is 0.0309. The Hall–Kier alpha value is -0.580. The van der Waals surface area contributed by atoms with E-state index in [4.69, 9.17) is 9.47 Å². The van der Waals surface area contributed by atoms with Crippen molar-refractivity contribution >= 4 is 0 Å². The van der Waals surface area contributed by atoms with Gasteiger partial charge in [0.1, 0.15) is 24.4 Å². The normalized spacial score (nSPS) is 56.9. The summed E-state index contributed by atoms with van der Waals surface area (Å²) >= 11 is 0. The number of fused-ring (bicyclic) bond motifs is 7. The molecular formula is C36H60O8. The van der Waals surface area contributed by atoms with Gasteiger partial charge in [-0.1, -0.05) is 60.1 Å². The van der Waals surface area contributed by atoms with Crippen LogP contribution in [0.15, 0.2) is 11.6 Å². The molecule has 4 saturated carbocycles. The van der Waals surface area contributed by atoms with E-state index in [1.807, 2.05) is 0 Å². The Morgan fingerprint density at radius 2 is 1.48 bits per heavy atom. The van der Waals surface area contributed by atoms with Crippen LogP contribution in [-0.2, 0) is 9.47 Å². The second kappa shape index (κ2) is 10.7. The van der Waals surface area contributed by atoms with Crippen LogP contribution in [0.2, 0.25) is 0 Å². The molecular weight excluding hydrogens is 560 g/mol. The lowest BCUT2D eigenvalue weighted by atomic mass is 9.33. The van der Waals surface area contributed by atoms with Gasteiger partial charge in [0.25, 0.3) is 0 Å². The molecule has 8 nitrogen and oxygen atoms in total. The summed E-state index contributed by atoms with van der Waals surface area (Å²) in [6.07, 6.45) is 3.91. The predicted octanol–water partition coefficient (Wildman–Crippen LogP) is 3.94. The number of allylic oxidation sites excluding steroid dienone is 2. The molecule has 0 aromatic heterocycles. The van der Waals surface area contributed by atoms with Gasteiger partial charge in [-0.3, -0.25) is 0 Å². The fourth-order valence-corrected chi connectivity index (χ4v) is 12.2. The minimum Gasteiger partial charge on any atom is -0.394 e. The van der Waals surface area contributed by atoms with Crippen molar-refractivity contribution < 1.29 is 40.1 Å². The SMILES string of the molecule is CC1(C)C[C@@H](O)[C@]2(C)CC[C@]3(C)C(=CC[C@@H]4[C@@]5(C)CC[C@H](O)[C@](C)(CO[C@@H]6O[C@H](CO)[C@@H](O)[C@H](O)[C@H]6O)[C@@H]5CC[C@]43C)[C@@H]2C1. The van der Waals surface area contributed by atoms with Crippen LogP contribution in [0.5, 0.6) is 0 Å². The quantitative estimate of drug-likeness (QED) is 0.260. The van der Waals surface area contributed by atoms with Gasteiger partial charge in [0.05, 0.1) is 25.4 Å². The standard InChI is InChI=1S/C36H60O8/c1-31(2)16-21-20-8-9-24-33(4)12-11-25(38)34(5,19-43-30-29(42)28(41)27(40)22(18-37)44-30)23(33)10-13-36(24,7)35(20,6)15-14-32(21,3)26(39)17-31/h8,21-30,37-42H,9-19H2,1-7H3/t21-,22+,23+,24+,25-,26+,27+,28-,29+,30+,32+,33-,34+,35+,36+/m0/s1. The second-order valence-corrected chi connectivity index (χ2v) is 18.0. The van der Waals surface area contributed by atoms with Crippen molar-refractivity contribution in [2.75, 3.05) is 13.2 Å². The zero-order valence-corrected chi connectivity index (χ0v) is 28.1. The number of hydrogen-bond acceptors (Lipinski definition) is 8. The fraction of sp³-hybridized carbons (Fsp3) is 0.944. The Morgan fingerprint density at radius 1 is 0.773 bits per heavy atom. The Labute approximate surface area is 264 Å². The van der Waals surface area contributed by atoms with Crippen LogP contribution in [0.25, 0.3) is 0 Å². The van der Waals surface area contributed by atoms with E-state index < -0.39 is 48.8 Å². The topological polar surface area (TPSA) is 140 Å². The third kappa shape index (κ3) is 4.52. The smallest absolute Gasteiger partial charge is 0.186 e. The average molecular weight is 621 g/mol. The molecule has 1 aliphatic heterocycles. The van der Waals surface area contributed by atoms with Gasteiger partial charge in [0, 0.05) is 10.8 Å². The van der Waals surface area contributed by atoms with E-state index in [0.29, 0.717) is 18.3 Å². The third-order valence-corrected chi connectivity index (χ3v) is 15.3. The maximum atomic E-state index is 11.6. The number of aliphatic hydroxyl groups excluding tert-OH is 6. The summed E-state index contributed by atoms with van der Waals surface area (Å²) in [5.74, 6) is 1.02. The van der Waals surface area contributed by atoms with Crippen LogP contribution >= 0.6 is 0 Å². The van der Waals surface area contributed by atoms with Crippen molar-refractivity contribution in [1.29, 1.82) is 0 Å². The molecule has 0 amide bonds. The molecule has 1 saturated heterocycles. The van der Waals surface area contributed by atoms with Crippen molar-refractivity contribution in [3.05, 3.63) is 11.6 Å². The molecule has 0 aromatic carbocycles. The first kappa shape index (κ1) is 33.3. The molecule has 8 heteroatoms. The number of ether oxygens (including phenoxy) is 2. The highest BCUT2D eigenvalue weighted by atomic mass is 16.7. The molecule has 0 unspecified atom stereocenters. The van der Waals surface area contributed by atoms with Gasteiger partial charge >= 0.3 is 0 Å². The van der Waals surface area contributed by atoms with Crippen molar-refractivity contribution in [3.63, 3.8) is 0 Å². The highest BCUT2D eigenvalue weighted by Gasteiger charge is 2.69. The van der Waals surface area contributed by atoms with Crippen LogP contribution in [0.4, 0.5) is 0 Å². The van der Waals surface area contributed by atoms with Crippen molar-refractivity contribution in [2.24, 2.45) is 50.2 Å². The summed E-state index contributed by atoms with van der Waals surface area (Å²) in [5, 5.41) is 63.8. The monoisotopic (exact) mass is 620 g/mol. The van der Waals surface area contributed by atoms with Gasteiger partial charge in [-0.05, 0) is 97.2 Å². The molecule has 0 aromatic rings. The molecule has 0 radical (unpaired) electrons. The van der Waals surface area contributed by atoms with Crippen LogP contribution in [0.3, 0.4) is 0 Å². The van der Waals surface area contributed by atoms with E-state index in [9.17, 15) is 30.6 Å². The third-order valence-electron chi connectivity index (χ3n) is 15.3. The first-order valence-electron chi connectivity index (χ1n) is 17.4. The lowest BCUT2D eigenvalue weighted by molar-refractivity contribution is -0.315. The van der Waals surface area contributed by atoms with E-state index in [1.54, 1.807) is 5.57 Å². The van der Waals surface area contributed by atoms with Crippen LogP contribution in [0.1, 0.15) is 106 Å². The highest BCUT2D eigenvalue weighted by Crippen LogP contribution is 2.75. The summed E-state index contributed by atoms with van der Waals surface area (Å²) in [4.78, 5) is 0. The molecule has 5 aliphatic carbocycles. The van der Waals surface area contributed by atoms with Gasteiger partial charge in [0.2, 0.25) is 0 Å². The molecule has 252 valence electrons. The first-order chi connectivity index (χ1) is 20.4. The molecule has 1 heterocycles. The molecule has 6 aliphatic rings. The number of rotatable bonds is 4. The first-order valence-corrected chi connectivity index (χ1v) is 17.4. The second-order valence-electron chi connectivity index (χ2n) is 18.0. The van der Waals surface area contributed by atoms with Crippen molar-refractivity contribution in [3.8, 4) is 0 Å². The molecule has 15 atom stereocenters. The maximum absolute atomic E-state index is 11.6. The maximum Gasteiger partial charge on any atom is 0.186 e. The van der Waals surface area contributed by atoms with E-state index in [-0.39, 0.29) is 45.7 Å². The van der Waals surface area contributed by atoms with E-state index >= 15 is 0 Å². The Morgan fingerprint density at radius 3 is 2.16 bits per heavy atom. The van der Waals surface area contributed by atoms with Crippen LogP contribution in [-0.4, -0.2) is 86.8 Å². The Balaban J connectivity index is 1.29. The van der Waals surface area contributed by atoms with Crippen molar-refractivity contribution in [1.82, 2.24) is 0 Å². The summed E-state index contributed by atoms with van der Waals surface area (Å²) in [5.41, 5.74) is 1.17. The summed E-state index contributed by atoms with van der Waals surface area (Å²) < 4.78 is 11.8. The molecule has 6 N–H and O–H groups in total. The van der Waals surface area contributed by atoms with E-state index in [0.717, 1.165) is 51.4 Å². The lowest BCUT2D eigenvalue weighted by Crippen LogP contribution is -2.66. The molecule has 44 heavy (non-hydrogen) atoms. The largest absolute Gasteiger partial charge is 0.394 e. The lowest BCUT2D eigenvalue weighted by Gasteiger charge is -2.71. The Bertz CT molecular complexity index is 1140. The van der Waals surface area contributed by atoms with Crippen LogP contribution in [0, 0.1) is 50.2 Å². The molecule has 0 bridgehead atoms. The van der Waals surface area contributed by atoms with Gasteiger partial charge in [-0.25, -0.2) is 0 Å². The van der Waals surface area contributed by atoms with E-state index in [1.165, 1.54) is 0 Å². The predicted molar refractivity (Wildman–Crippen MR) is 166 cm³/mol. The van der Waals surface area contributed by atoms with E-state index in [2.05, 4.69) is 54.5 Å². The number of hydrogen-bond donors (Lipinski definition) is 6. The molecule has 6 rings (SSSR count). The molecule has 5 fully saturated rings. The van der Waals surface area contributed by atoms with Gasteiger partial charge < -0.3 is 40.1 Å². The van der Waals surface area contributed by atoms with Crippen molar-refractivity contribution in [2.45, 2.75) is 149 Å². The Kier molecular flexibility index (Phi) is 8.11.